The molecule has 0 spiro atoms. The van der Waals surface area contributed by atoms with Crippen LogP contribution in [0.3, 0.4) is 0 Å². The van der Waals surface area contributed by atoms with E-state index in [-0.39, 0.29) is 0 Å². The molecule has 0 amide bonds. The predicted molar refractivity (Wildman–Crippen MR) is 85.0 cm³/mol. The molecule has 0 aromatic heterocycles. The lowest BCUT2D eigenvalue weighted by Gasteiger charge is -2.24. The van der Waals surface area contributed by atoms with Crippen molar-refractivity contribution >= 4 is 11.8 Å². The first-order valence-corrected chi connectivity index (χ1v) is 8.94. The molecule has 1 N–H and O–H groups in total. The van der Waals surface area contributed by atoms with E-state index in [0.717, 1.165) is 11.8 Å². The highest BCUT2D eigenvalue weighted by molar-refractivity contribution is 7.99. The second kappa shape index (κ2) is 6.81. The Bertz CT molecular complexity index is 392. The number of nitrogens with one attached hydrogen (secondary N) is 1. The Morgan fingerprint density at radius 3 is 2.84 bits per heavy atom. The average molecular weight is 275 g/mol. The number of hydrogen-bond acceptors (Lipinski definition) is 2. The van der Waals surface area contributed by atoms with Crippen molar-refractivity contribution in [1.29, 1.82) is 0 Å². The van der Waals surface area contributed by atoms with Gasteiger partial charge in [-0.05, 0) is 79.7 Å². The Morgan fingerprint density at radius 2 is 2.05 bits per heavy atom. The summed E-state index contributed by atoms with van der Waals surface area (Å²) in [6.07, 6.45) is 6.77. The van der Waals surface area contributed by atoms with Crippen LogP contribution in [0.25, 0.3) is 0 Å². The smallest absolute Gasteiger partial charge is 0.00173 e. The minimum Gasteiger partial charge on any atom is -0.316 e. The maximum atomic E-state index is 3.53. The highest BCUT2D eigenvalue weighted by atomic mass is 32.2. The van der Waals surface area contributed by atoms with Crippen molar-refractivity contribution in [3.63, 3.8) is 0 Å². The minimum absolute atomic E-state index is 0.825. The van der Waals surface area contributed by atoms with Gasteiger partial charge >= 0.3 is 0 Å². The third-order valence-electron chi connectivity index (χ3n) is 4.57. The molecule has 0 bridgehead atoms. The van der Waals surface area contributed by atoms with E-state index in [0.29, 0.717) is 0 Å². The van der Waals surface area contributed by atoms with E-state index in [9.17, 15) is 0 Å². The van der Waals surface area contributed by atoms with Crippen LogP contribution in [0.15, 0.2) is 24.3 Å². The molecular weight excluding hydrogens is 250 g/mol. The molecule has 2 saturated heterocycles. The fourth-order valence-electron chi connectivity index (χ4n) is 3.44. The molecule has 3 rings (SSSR count). The molecule has 2 aliphatic heterocycles. The number of rotatable bonds is 3. The molecule has 1 aromatic carbocycles. The van der Waals surface area contributed by atoms with E-state index in [1.807, 2.05) is 0 Å². The van der Waals surface area contributed by atoms with Crippen LogP contribution in [0.4, 0.5) is 0 Å². The lowest BCUT2D eigenvalue weighted by Crippen LogP contribution is -2.30. The van der Waals surface area contributed by atoms with Gasteiger partial charge in [0.05, 0.1) is 0 Å². The molecule has 0 radical (unpaired) electrons. The second-order valence-corrected chi connectivity index (χ2v) is 7.27. The highest BCUT2D eigenvalue weighted by Crippen LogP contribution is 2.32. The van der Waals surface area contributed by atoms with Crippen LogP contribution in [-0.4, -0.2) is 24.6 Å². The summed E-state index contributed by atoms with van der Waals surface area (Å²) >= 11 is 2.12. The molecular formula is C17H25NS. The maximum absolute atomic E-state index is 3.53. The van der Waals surface area contributed by atoms with E-state index >= 15 is 0 Å². The largest absolute Gasteiger partial charge is 0.316 e. The van der Waals surface area contributed by atoms with Crippen molar-refractivity contribution in [3.8, 4) is 0 Å². The quantitative estimate of drug-likeness (QED) is 0.899. The zero-order chi connectivity index (χ0) is 12.9. The minimum atomic E-state index is 0.825. The van der Waals surface area contributed by atoms with Gasteiger partial charge in [-0.2, -0.15) is 11.8 Å². The van der Waals surface area contributed by atoms with E-state index in [1.54, 1.807) is 11.1 Å². The first-order valence-electron chi connectivity index (χ1n) is 7.79. The summed E-state index contributed by atoms with van der Waals surface area (Å²) in [6.45, 7) is 2.43. The van der Waals surface area contributed by atoms with Crippen molar-refractivity contribution in [2.75, 3.05) is 24.6 Å². The van der Waals surface area contributed by atoms with Gasteiger partial charge in [-0.3, -0.25) is 0 Å². The van der Waals surface area contributed by atoms with Gasteiger partial charge < -0.3 is 5.32 Å². The van der Waals surface area contributed by atoms with Gasteiger partial charge in [0.2, 0.25) is 0 Å². The summed E-state index contributed by atoms with van der Waals surface area (Å²) < 4.78 is 0. The Morgan fingerprint density at radius 1 is 1.16 bits per heavy atom. The molecule has 2 heterocycles. The zero-order valence-corrected chi connectivity index (χ0v) is 12.6. The predicted octanol–water partition coefficient (Wildman–Crippen LogP) is 3.84. The van der Waals surface area contributed by atoms with Crippen LogP contribution in [-0.2, 0) is 6.42 Å². The van der Waals surface area contributed by atoms with E-state index in [2.05, 4.69) is 41.3 Å². The Balaban J connectivity index is 1.64. The lowest BCUT2D eigenvalue weighted by atomic mass is 9.88. The van der Waals surface area contributed by atoms with Crippen LogP contribution >= 0.6 is 11.8 Å². The highest BCUT2D eigenvalue weighted by Gasteiger charge is 2.17. The third-order valence-corrected chi connectivity index (χ3v) is 5.62. The summed E-state index contributed by atoms with van der Waals surface area (Å²) in [4.78, 5) is 0. The molecule has 0 aliphatic carbocycles. The van der Waals surface area contributed by atoms with Gasteiger partial charge in [-0.25, -0.2) is 0 Å². The van der Waals surface area contributed by atoms with Gasteiger partial charge in [0, 0.05) is 0 Å². The molecule has 19 heavy (non-hydrogen) atoms. The number of thioether (sulfide) groups is 1. The number of hydrogen-bond donors (Lipinski definition) is 1. The van der Waals surface area contributed by atoms with Gasteiger partial charge in [0.15, 0.2) is 0 Å². The summed E-state index contributed by atoms with van der Waals surface area (Å²) in [5, 5.41) is 3.53. The van der Waals surface area contributed by atoms with Crippen molar-refractivity contribution < 1.29 is 0 Å². The molecule has 104 valence electrons. The van der Waals surface area contributed by atoms with Crippen LogP contribution in [0.1, 0.15) is 42.7 Å². The Labute approximate surface area is 121 Å². The van der Waals surface area contributed by atoms with E-state index in [1.165, 1.54) is 56.7 Å². The maximum Gasteiger partial charge on any atom is -0.00173 e. The Hall–Kier alpha value is -0.470. The van der Waals surface area contributed by atoms with Gasteiger partial charge in [0.1, 0.15) is 0 Å². The van der Waals surface area contributed by atoms with Crippen molar-refractivity contribution in [2.45, 2.75) is 38.0 Å². The zero-order valence-electron chi connectivity index (χ0n) is 11.7. The first-order chi connectivity index (χ1) is 9.42. The first kappa shape index (κ1) is 13.5. The normalized spacial score (nSPS) is 25.4. The third kappa shape index (κ3) is 3.76. The van der Waals surface area contributed by atoms with Crippen molar-refractivity contribution in [1.82, 2.24) is 5.32 Å². The SMILES string of the molecule is c1cc(CC2CCCNC2)cc(C2CCSCC2)c1. The molecule has 2 heteroatoms. The molecule has 1 atom stereocenters. The fourth-order valence-corrected chi connectivity index (χ4v) is 4.54. The molecule has 0 saturated carbocycles. The van der Waals surface area contributed by atoms with Crippen LogP contribution in [0.5, 0.6) is 0 Å². The lowest BCUT2D eigenvalue weighted by molar-refractivity contribution is 0.376. The van der Waals surface area contributed by atoms with Crippen LogP contribution < -0.4 is 5.32 Å². The monoisotopic (exact) mass is 275 g/mol. The summed E-state index contributed by atoms with van der Waals surface area (Å²) in [5.41, 5.74) is 3.16. The van der Waals surface area contributed by atoms with Gasteiger partial charge in [-0.1, -0.05) is 24.3 Å². The summed E-state index contributed by atoms with van der Waals surface area (Å²) in [5.74, 6) is 4.37. The van der Waals surface area contributed by atoms with Crippen molar-refractivity contribution in [3.05, 3.63) is 35.4 Å². The molecule has 1 unspecified atom stereocenters. The molecule has 2 aliphatic rings. The average Bonchev–Trinajstić information content (AvgIpc) is 2.49. The van der Waals surface area contributed by atoms with Crippen LogP contribution in [0, 0.1) is 5.92 Å². The Kier molecular flexibility index (Phi) is 4.84. The standard InChI is InChI=1S/C17H25NS/c1-3-14(11-15-4-2-8-18-13-15)12-17(5-1)16-6-9-19-10-7-16/h1,3,5,12,15-16,18H,2,4,6-11,13H2. The van der Waals surface area contributed by atoms with Gasteiger partial charge in [0.25, 0.3) is 0 Å². The fraction of sp³-hybridized carbons (Fsp3) is 0.647. The number of benzene rings is 1. The molecule has 1 aromatic rings. The second-order valence-electron chi connectivity index (χ2n) is 6.05. The van der Waals surface area contributed by atoms with E-state index in [4.69, 9.17) is 0 Å². The van der Waals surface area contributed by atoms with Crippen LogP contribution in [0.2, 0.25) is 0 Å². The number of piperidine rings is 1. The van der Waals surface area contributed by atoms with Gasteiger partial charge in [-0.15, -0.1) is 0 Å². The van der Waals surface area contributed by atoms with E-state index < -0.39 is 0 Å². The molecule has 1 nitrogen and oxygen atoms in total. The van der Waals surface area contributed by atoms with Crippen molar-refractivity contribution in [2.24, 2.45) is 5.92 Å². The summed E-state index contributed by atoms with van der Waals surface area (Å²) in [7, 11) is 0. The summed E-state index contributed by atoms with van der Waals surface area (Å²) in [6, 6.07) is 9.46. The molecule has 2 fully saturated rings. The topological polar surface area (TPSA) is 12.0 Å².